The number of carbonyl (C=O) groups is 2. The lowest BCUT2D eigenvalue weighted by molar-refractivity contribution is -0.159. The number of carboxylic acids is 2. The number of carboxylic acid groups (broad SMARTS) is 2. The third-order valence-electron chi connectivity index (χ3n) is 1.39. The van der Waals surface area contributed by atoms with Crippen LogP contribution in [0.2, 0.25) is 0 Å². The first-order valence-corrected chi connectivity index (χ1v) is 3.05. The summed E-state index contributed by atoms with van der Waals surface area (Å²) >= 11 is 0. The fourth-order valence-corrected chi connectivity index (χ4v) is 0.567. The maximum Gasteiger partial charge on any atom is 0.324 e. The van der Waals surface area contributed by atoms with Gasteiger partial charge in [-0.2, -0.15) is 0 Å². The van der Waals surface area contributed by atoms with Gasteiger partial charge >= 0.3 is 11.9 Å². The quantitative estimate of drug-likeness (QED) is 0.469. The number of rotatable bonds is 3. The van der Waals surface area contributed by atoms with Crippen LogP contribution in [0.3, 0.4) is 0 Å². The summed E-state index contributed by atoms with van der Waals surface area (Å²) in [6.45, 7) is 2.71. The minimum atomic E-state index is -1.80. The Morgan fingerprint density at radius 3 is 1.73 bits per heavy atom. The number of aliphatic carboxylic acids is 2. The predicted octanol–water partition coefficient (Wildman–Crippen LogP) is 0.738. The van der Waals surface area contributed by atoms with Gasteiger partial charge in [0, 0.05) is 0 Å². The summed E-state index contributed by atoms with van der Waals surface area (Å²) < 4.78 is 0. The second kappa shape index (κ2) is 3.18. The first-order valence-electron chi connectivity index (χ1n) is 3.05. The minimum absolute atomic E-state index is 1.14. The standard InChI is InChI=1S/C7H10O4/c1-3-4-7(2,5(8)9)6(10)11/h3-4H,1-2H3,(H,8,9)(H,10,11)/b4-3-. The van der Waals surface area contributed by atoms with E-state index in [4.69, 9.17) is 10.2 Å². The van der Waals surface area contributed by atoms with Crippen molar-refractivity contribution in [3.05, 3.63) is 12.2 Å². The van der Waals surface area contributed by atoms with Gasteiger partial charge in [0.15, 0.2) is 5.41 Å². The van der Waals surface area contributed by atoms with E-state index in [1.54, 1.807) is 6.92 Å². The van der Waals surface area contributed by atoms with E-state index < -0.39 is 17.4 Å². The van der Waals surface area contributed by atoms with Crippen molar-refractivity contribution >= 4 is 11.9 Å². The molecular formula is C7H10O4. The first kappa shape index (κ1) is 9.68. The molecule has 0 aromatic rings. The van der Waals surface area contributed by atoms with Gasteiger partial charge in [0.05, 0.1) is 0 Å². The van der Waals surface area contributed by atoms with Gasteiger partial charge in [-0.15, -0.1) is 0 Å². The van der Waals surface area contributed by atoms with Gasteiger partial charge in [0.25, 0.3) is 0 Å². The molecule has 11 heavy (non-hydrogen) atoms. The van der Waals surface area contributed by atoms with Crippen LogP contribution in [-0.2, 0) is 9.59 Å². The third-order valence-corrected chi connectivity index (χ3v) is 1.39. The van der Waals surface area contributed by atoms with E-state index in [0.717, 1.165) is 13.0 Å². The molecule has 0 heterocycles. The van der Waals surface area contributed by atoms with E-state index in [1.165, 1.54) is 6.08 Å². The Balaban J connectivity index is 4.82. The monoisotopic (exact) mass is 158 g/mol. The highest BCUT2D eigenvalue weighted by molar-refractivity contribution is 5.99. The molecule has 0 aliphatic carbocycles. The van der Waals surface area contributed by atoms with Crippen LogP contribution in [0.1, 0.15) is 13.8 Å². The average molecular weight is 158 g/mol. The molecule has 0 saturated carbocycles. The highest BCUT2D eigenvalue weighted by Gasteiger charge is 2.38. The SMILES string of the molecule is C/C=C\C(C)(C(=O)O)C(=O)O. The van der Waals surface area contributed by atoms with Crippen LogP contribution in [0.15, 0.2) is 12.2 Å². The molecule has 0 radical (unpaired) electrons. The van der Waals surface area contributed by atoms with Crippen LogP contribution in [-0.4, -0.2) is 22.2 Å². The summed E-state index contributed by atoms with van der Waals surface area (Å²) in [5.41, 5.74) is -1.80. The molecule has 0 saturated heterocycles. The van der Waals surface area contributed by atoms with Gasteiger partial charge in [0.1, 0.15) is 0 Å². The van der Waals surface area contributed by atoms with Crippen molar-refractivity contribution in [2.24, 2.45) is 5.41 Å². The Morgan fingerprint density at radius 1 is 1.27 bits per heavy atom. The number of hydrogen-bond acceptors (Lipinski definition) is 2. The van der Waals surface area contributed by atoms with Crippen LogP contribution >= 0.6 is 0 Å². The summed E-state index contributed by atoms with van der Waals surface area (Å²) in [5.74, 6) is -2.72. The molecule has 0 bridgehead atoms. The maximum absolute atomic E-state index is 10.4. The highest BCUT2D eigenvalue weighted by Crippen LogP contribution is 2.18. The molecule has 0 fully saturated rings. The molecule has 2 N–H and O–H groups in total. The smallest absolute Gasteiger partial charge is 0.324 e. The topological polar surface area (TPSA) is 74.6 Å². The summed E-state index contributed by atoms with van der Waals surface area (Å²) in [7, 11) is 0. The predicted molar refractivity (Wildman–Crippen MR) is 38.2 cm³/mol. The summed E-state index contributed by atoms with van der Waals surface area (Å²) in [5, 5.41) is 17.0. The molecule has 0 spiro atoms. The summed E-state index contributed by atoms with van der Waals surface area (Å²) in [4.78, 5) is 20.8. The minimum Gasteiger partial charge on any atom is -0.480 e. The average Bonchev–Trinajstić information content (AvgIpc) is 1.87. The largest absolute Gasteiger partial charge is 0.480 e. The van der Waals surface area contributed by atoms with E-state index in [2.05, 4.69) is 0 Å². The van der Waals surface area contributed by atoms with Crippen molar-refractivity contribution < 1.29 is 19.8 Å². The molecule has 4 nitrogen and oxygen atoms in total. The van der Waals surface area contributed by atoms with Crippen LogP contribution in [0.4, 0.5) is 0 Å². The second-order valence-corrected chi connectivity index (χ2v) is 2.31. The fraction of sp³-hybridized carbons (Fsp3) is 0.429. The molecule has 0 atom stereocenters. The molecule has 0 aromatic carbocycles. The molecule has 0 rings (SSSR count). The van der Waals surface area contributed by atoms with E-state index in [1.807, 2.05) is 0 Å². The van der Waals surface area contributed by atoms with Crippen LogP contribution in [0.5, 0.6) is 0 Å². The second-order valence-electron chi connectivity index (χ2n) is 2.31. The van der Waals surface area contributed by atoms with Gasteiger partial charge in [-0.05, 0) is 13.8 Å². The Morgan fingerprint density at radius 2 is 1.64 bits per heavy atom. The fourth-order valence-electron chi connectivity index (χ4n) is 0.567. The first-order chi connectivity index (χ1) is 4.95. The Labute approximate surface area is 64.2 Å². The van der Waals surface area contributed by atoms with E-state index in [9.17, 15) is 9.59 Å². The lowest BCUT2D eigenvalue weighted by Gasteiger charge is -2.13. The van der Waals surface area contributed by atoms with Gasteiger partial charge in [-0.25, -0.2) is 0 Å². The highest BCUT2D eigenvalue weighted by atomic mass is 16.4. The van der Waals surface area contributed by atoms with Crippen LogP contribution in [0, 0.1) is 5.41 Å². The van der Waals surface area contributed by atoms with E-state index in [-0.39, 0.29) is 0 Å². The van der Waals surface area contributed by atoms with Crippen molar-refractivity contribution in [2.45, 2.75) is 13.8 Å². The van der Waals surface area contributed by atoms with E-state index >= 15 is 0 Å². The third kappa shape index (κ3) is 1.80. The molecule has 0 aromatic heterocycles. The molecule has 0 aliphatic heterocycles. The molecule has 0 amide bonds. The molecule has 0 aliphatic rings. The Kier molecular flexibility index (Phi) is 2.80. The van der Waals surface area contributed by atoms with Crippen molar-refractivity contribution in [1.29, 1.82) is 0 Å². The van der Waals surface area contributed by atoms with Gasteiger partial charge in [-0.1, -0.05) is 12.2 Å². The lowest BCUT2D eigenvalue weighted by Crippen LogP contribution is -2.34. The van der Waals surface area contributed by atoms with Crippen molar-refractivity contribution in [3.63, 3.8) is 0 Å². The van der Waals surface area contributed by atoms with Crippen molar-refractivity contribution in [1.82, 2.24) is 0 Å². The number of allylic oxidation sites excluding steroid dienone is 1. The zero-order valence-electron chi connectivity index (χ0n) is 6.37. The zero-order chi connectivity index (χ0) is 9.07. The van der Waals surface area contributed by atoms with Crippen LogP contribution < -0.4 is 0 Å². The van der Waals surface area contributed by atoms with E-state index in [0.29, 0.717) is 0 Å². The number of hydrogen-bond donors (Lipinski definition) is 2. The normalized spacial score (nSPS) is 11.8. The lowest BCUT2D eigenvalue weighted by atomic mass is 9.91. The zero-order valence-corrected chi connectivity index (χ0v) is 6.37. The Bertz CT molecular complexity index is 190. The maximum atomic E-state index is 10.4. The van der Waals surface area contributed by atoms with Crippen molar-refractivity contribution in [2.75, 3.05) is 0 Å². The molecule has 0 unspecified atom stereocenters. The van der Waals surface area contributed by atoms with Crippen molar-refractivity contribution in [3.8, 4) is 0 Å². The summed E-state index contributed by atoms with van der Waals surface area (Å²) in [6, 6.07) is 0. The summed E-state index contributed by atoms with van der Waals surface area (Å²) in [6.07, 6.45) is 2.54. The Hall–Kier alpha value is -1.32. The molecule has 62 valence electrons. The van der Waals surface area contributed by atoms with Gasteiger partial charge in [0.2, 0.25) is 0 Å². The molecular weight excluding hydrogens is 148 g/mol. The van der Waals surface area contributed by atoms with Gasteiger partial charge in [-0.3, -0.25) is 9.59 Å². The van der Waals surface area contributed by atoms with Gasteiger partial charge < -0.3 is 10.2 Å². The molecule has 4 heteroatoms. The van der Waals surface area contributed by atoms with Crippen LogP contribution in [0.25, 0.3) is 0 Å².